The summed E-state index contributed by atoms with van der Waals surface area (Å²) in [5.41, 5.74) is 5.26. The molecule has 386 valence electrons. The van der Waals surface area contributed by atoms with Crippen LogP contribution in [0, 0.1) is 12.3 Å². The molecule has 19 heteroatoms. The van der Waals surface area contributed by atoms with Gasteiger partial charge >= 0.3 is 5.97 Å². The monoisotopic (exact) mass is 1000 g/mol. The van der Waals surface area contributed by atoms with Crippen LogP contribution in [0.5, 0.6) is 0 Å². The Hall–Kier alpha value is -7.70. The van der Waals surface area contributed by atoms with Gasteiger partial charge in [-0.3, -0.25) is 34.0 Å². The van der Waals surface area contributed by atoms with Gasteiger partial charge in [-0.15, -0.1) is 5.10 Å². The second-order valence-electron chi connectivity index (χ2n) is 22.0. The molecule has 0 saturated carbocycles. The molecule has 6 aromatic rings. The zero-order valence-electron chi connectivity index (χ0n) is 43.0. The summed E-state index contributed by atoms with van der Waals surface area (Å²) in [6.45, 7) is 13.8. The van der Waals surface area contributed by atoms with Crippen molar-refractivity contribution >= 4 is 74.9 Å². The molecule has 4 saturated heterocycles. The fourth-order valence-electron chi connectivity index (χ4n) is 11.2. The van der Waals surface area contributed by atoms with Crippen LogP contribution in [0.15, 0.2) is 72.9 Å². The minimum absolute atomic E-state index is 0.0348. The van der Waals surface area contributed by atoms with E-state index in [0.717, 1.165) is 49.0 Å². The van der Waals surface area contributed by atoms with Crippen molar-refractivity contribution in [2.24, 2.45) is 12.5 Å². The molecule has 0 bridgehead atoms. The maximum atomic E-state index is 14.1. The molecule has 5 amide bonds. The standard InChI is InChI=1S/C55H64N12O7/c1-34-27-37(64-24-21-54(5,31-64)35-13-8-7-9-14-35)30-67-49(34)60-48(62-67)51(72)66-26-23-55(33-66)22-25-65(32-55)42-29-36(28-41(57-42)52(73)74-53(2,3)4)56-43(68)17-10-11-18-44(69)58-40-16-12-15-38-46(61-63(6)47(38)40)39-19-20-45(70)59-50(39)71/h7-9,12-16,27-30,39H,10-11,17-26,31-33H2,1-6H3,(H,58,69)(H,56,57,68)(H,59,70,71)/t39?,54-,55+/m0/s1. The Morgan fingerprint density at radius 1 is 0.838 bits per heavy atom. The molecule has 4 aliphatic heterocycles. The van der Waals surface area contributed by atoms with E-state index in [1.807, 2.05) is 24.1 Å². The number of anilines is 4. The molecule has 1 spiro atoms. The van der Waals surface area contributed by atoms with Gasteiger partial charge < -0.3 is 30.1 Å². The van der Waals surface area contributed by atoms with E-state index in [9.17, 15) is 28.8 Å². The second-order valence-corrected chi connectivity index (χ2v) is 22.0. The van der Waals surface area contributed by atoms with Crippen LogP contribution in [0.1, 0.15) is 129 Å². The summed E-state index contributed by atoms with van der Waals surface area (Å²) in [6, 6.07) is 21.5. The lowest BCUT2D eigenvalue weighted by Gasteiger charge is -2.26. The molecule has 3 atom stereocenters. The first-order valence-electron chi connectivity index (χ1n) is 25.7. The van der Waals surface area contributed by atoms with Gasteiger partial charge in [0, 0.05) is 93.5 Å². The van der Waals surface area contributed by atoms with Gasteiger partial charge in [-0.1, -0.05) is 49.4 Å². The number of esters is 1. The summed E-state index contributed by atoms with van der Waals surface area (Å²) in [5, 5.41) is 18.4. The maximum Gasteiger partial charge on any atom is 0.357 e. The highest BCUT2D eigenvalue weighted by Gasteiger charge is 2.46. The number of carbonyl (C=O) groups is 6. The number of para-hydroxylation sites is 1. The number of fused-ring (bicyclic) bond motifs is 2. The molecule has 2 aromatic carbocycles. The van der Waals surface area contributed by atoms with Crippen LogP contribution in [-0.4, -0.2) is 115 Å². The highest BCUT2D eigenvalue weighted by molar-refractivity contribution is 6.05. The van der Waals surface area contributed by atoms with Gasteiger partial charge in [-0.05, 0) is 95.5 Å². The van der Waals surface area contributed by atoms with Crippen molar-refractivity contribution < 1.29 is 33.5 Å². The Morgan fingerprint density at radius 3 is 2.34 bits per heavy atom. The number of piperidine rings is 1. The van der Waals surface area contributed by atoms with E-state index in [1.54, 1.807) is 55.2 Å². The number of aryl methyl sites for hydroxylation is 2. The van der Waals surface area contributed by atoms with Crippen molar-refractivity contribution in [1.82, 2.24) is 39.6 Å². The molecule has 10 rings (SSSR count). The number of ether oxygens (including phenoxy) is 1. The minimum atomic E-state index is -0.777. The van der Waals surface area contributed by atoms with Crippen LogP contribution in [0.25, 0.3) is 16.6 Å². The highest BCUT2D eigenvalue weighted by Crippen LogP contribution is 2.42. The molecular weight excluding hydrogens is 941 g/mol. The van der Waals surface area contributed by atoms with Crippen LogP contribution >= 0.6 is 0 Å². The lowest BCUT2D eigenvalue weighted by Crippen LogP contribution is -2.39. The van der Waals surface area contributed by atoms with Gasteiger partial charge in [0.15, 0.2) is 11.3 Å². The van der Waals surface area contributed by atoms with Crippen molar-refractivity contribution in [1.29, 1.82) is 0 Å². The van der Waals surface area contributed by atoms with E-state index < -0.39 is 17.5 Å². The van der Waals surface area contributed by atoms with E-state index in [0.29, 0.717) is 79.5 Å². The number of likely N-dealkylation sites (tertiary alicyclic amines) is 1. The van der Waals surface area contributed by atoms with Crippen molar-refractivity contribution in [2.45, 2.75) is 109 Å². The minimum Gasteiger partial charge on any atom is -0.455 e. The third-order valence-electron chi connectivity index (χ3n) is 15.1. The van der Waals surface area contributed by atoms with Gasteiger partial charge in [-0.2, -0.15) is 5.10 Å². The topological polar surface area (TPSA) is 218 Å². The fourth-order valence-corrected chi connectivity index (χ4v) is 11.2. The number of amides is 5. The average Bonchev–Trinajstić information content (AvgIpc) is 4.22. The molecule has 4 fully saturated rings. The summed E-state index contributed by atoms with van der Waals surface area (Å²) < 4.78 is 9.09. The number of aromatic nitrogens is 6. The quantitative estimate of drug-likeness (QED) is 0.0614. The van der Waals surface area contributed by atoms with E-state index >= 15 is 0 Å². The Morgan fingerprint density at radius 2 is 1.58 bits per heavy atom. The Bertz CT molecular complexity index is 3220. The average molecular weight is 1010 g/mol. The van der Waals surface area contributed by atoms with Gasteiger partial charge in [-0.25, -0.2) is 19.3 Å². The molecule has 0 radical (unpaired) electrons. The molecule has 19 nitrogen and oxygen atoms in total. The first-order valence-corrected chi connectivity index (χ1v) is 25.7. The van der Waals surface area contributed by atoms with Crippen LogP contribution in [0.2, 0.25) is 0 Å². The number of unbranched alkanes of at least 4 members (excludes halogenated alkanes) is 1. The second kappa shape index (κ2) is 19.6. The van der Waals surface area contributed by atoms with Gasteiger partial charge in [0.05, 0.1) is 34.7 Å². The Kier molecular flexibility index (Phi) is 13.2. The zero-order valence-corrected chi connectivity index (χ0v) is 43.0. The summed E-state index contributed by atoms with van der Waals surface area (Å²) in [5.74, 6) is -1.90. The number of benzene rings is 2. The molecule has 4 aromatic heterocycles. The Labute approximate surface area is 429 Å². The molecular formula is C55H64N12O7. The number of hydrogen-bond acceptors (Lipinski definition) is 13. The lowest BCUT2D eigenvalue weighted by molar-refractivity contribution is -0.134. The molecule has 8 heterocycles. The van der Waals surface area contributed by atoms with Gasteiger partial charge in [0.1, 0.15) is 11.4 Å². The fraction of sp³-hybridized carbons (Fsp3) is 0.455. The number of hydrogen-bond donors (Lipinski definition) is 3. The van der Waals surface area contributed by atoms with Crippen molar-refractivity contribution in [3.63, 3.8) is 0 Å². The Balaban J connectivity index is 0.757. The largest absolute Gasteiger partial charge is 0.455 e. The molecule has 74 heavy (non-hydrogen) atoms. The highest BCUT2D eigenvalue weighted by atomic mass is 16.6. The van der Waals surface area contributed by atoms with E-state index in [2.05, 4.69) is 74.2 Å². The smallest absolute Gasteiger partial charge is 0.357 e. The first-order chi connectivity index (χ1) is 35.3. The number of pyridine rings is 2. The van der Waals surface area contributed by atoms with Crippen molar-refractivity contribution in [3.8, 4) is 0 Å². The van der Waals surface area contributed by atoms with Crippen LogP contribution in [0.4, 0.5) is 22.9 Å². The van der Waals surface area contributed by atoms with Crippen molar-refractivity contribution in [2.75, 3.05) is 59.7 Å². The SMILES string of the molecule is Cc1cc(N2CC[C@](C)(c3ccccc3)C2)cn2nc(C(=O)N3CC[C@@]4(CCN(c5cc(NC(=O)CCCCC(=O)Nc6cccc7c(C8CCC(=O)NC8=O)nn(C)c67)cc(C(=O)OC(C)(C)C)n5)C4)C3)nc12. The number of nitrogens with one attached hydrogen (secondary N) is 3. The van der Waals surface area contributed by atoms with Crippen molar-refractivity contribution in [3.05, 3.63) is 101 Å². The first kappa shape index (κ1) is 49.9. The predicted molar refractivity (Wildman–Crippen MR) is 279 cm³/mol. The third-order valence-corrected chi connectivity index (χ3v) is 15.1. The van der Waals surface area contributed by atoms with Gasteiger partial charge in [0.25, 0.3) is 5.91 Å². The van der Waals surface area contributed by atoms with E-state index in [-0.39, 0.29) is 71.1 Å². The van der Waals surface area contributed by atoms with E-state index in [1.165, 1.54) is 11.6 Å². The zero-order chi connectivity index (χ0) is 52.1. The molecule has 3 N–H and O–H groups in total. The lowest BCUT2D eigenvalue weighted by atomic mass is 9.82. The third kappa shape index (κ3) is 10.3. The summed E-state index contributed by atoms with van der Waals surface area (Å²) >= 11 is 0. The molecule has 1 unspecified atom stereocenters. The summed E-state index contributed by atoms with van der Waals surface area (Å²) in [6.07, 6.45) is 6.33. The number of carbonyl (C=O) groups excluding carboxylic acids is 6. The number of rotatable bonds is 13. The van der Waals surface area contributed by atoms with E-state index in [4.69, 9.17) is 19.8 Å². The van der Waals surface area contributed by atoms with Gasteiger partial charge in [0.2, 0.25) is 29.5 Å². The predicted octanol–water partition coefficient (Wildman–Crippen LogP) is 6.84. The normalized spacial score (nSPS) is 21.0. The molecule has 4 aliphatic rings. The number of imide groups is 1. The number of nitrogens with zero attached hydrogens (tertiary/aromatic N) is 9. The molecule has 0 aliphatic carbocycles. The van der Waals surface area contributed by atoms with Crippen LogP contribution in [0.3, 0.4) is 0 Å². The maximum absolute atomic E-state index is 14.1. The summed E-state index contributed by atoms with van der Waals surface area (Å²) in [7, 11) is 1.75. The van der Waals surface area contributed by atoms with Crippen LogP contribution < -0.4 is 25.8 Å². The van der Waals surface area contributed by atoms with Crippen LogP contribution in [-0.2, 0) is 36.4 Å². The summed E-state index contributed by atoms with van der Waals surface area (Å²) in [4.78, 5) is 94.4.